The highest BCUT2D eigenvalue weighted by molar-refractivity contribution is 5.73. The van der Waals surface area contributed by atoms with Crippen molar-refractivity contribution in [1.82, 2.24) is 14.5 Å². The molecule has 0 saturated heterocycles. The lowest BCUT2D eigenvalue weighted by molar-refractivity contribution is 0.200. The second kappa shape index (κ2) is 4.62. The third kappa shape index (κ3) is 1.78. The van der Waals surface area contributed by atoms with Crippen molar-refractivity contribution in [3.63, 3.8) is 0 Å². The van der Waals surface area contributed by atoms with Gasteiger partial charge in [-0.3, -0.25) is 0 Å². The van der Waals surface area contributed by atoms with E-state index in [-0.39, 0.29) is 0 Å². The molecule has 0 spiro atoms. The number of hydrogen-bond acceptors (Lipinski definition) is 4. The van der Waals surface area contributed by atoms with E-state index in [0.29, 0.717) is 13.0 Å². The Morgan fingerprint density at radius 2 is 2.28 bits per heavy atom. The van der Waals surface area contributed by atoms with E-state index >= 15 is 0 Å². The Balaban J connectivity index is 2.18. The van der Waals surface area contributed by atoms with Crippen LogP contribution in [0, 0.1) is 0 Å². The van der Waals surface area contributed by atoms with E-state index < -0.39 is 0 Å². The van der Waals surface area contributed by atoms with Gasteiger partial charge < -0.3 is 9.15 Å². The zero-order valence-corrected chi connectivity index (χ0v) is 10.0. The number of hydrogen-bond donors (Lipinski definition) is 0. The number of nitrogens with zero attached hydrogens (tertiary/aromatic N) is 3. The first-order valence-corrected chi connectivity index (χ1v) is 5.75. The Morgan fingerprint density at radius 1 is 1.33 bits per heavy atom. The number of furan rings is 1. The van der Waals surface area contributed by atoms with Gasteiger partial charge in [-0.05, 0) is 18.2 Å². The Kier molecular flexibility index (Phi) is 2.82. The summed E-state index contributed by atoms with van der Waals surface area (Å²) >= 11 is 0. The minimum atomic E-state index is 0.615. The van der Waals surface area contributed by atoms with Gasteiger partial charge in [-0.25, -0.2) is 14.5 Å². The van der Waals surface area contributed by atoms with Crippen LogP contribution >= 0.6 is 0 Å². The first-order valence-electron chi connectivity index (χ1n) is 5.75. The van der Waals surface area contributed by atoms with Crippen LogP contribution in [0.3, 0.4) is 0 Å². The molecule has 3 rings (SSSR count). The predicted octanol–water partition coefficient (Wildman–Crippen LogP) is 2.20. The van der Waals surface area contributed by atoms with Crippen LogP contribution in [0.2, 0.25) is 0 Å². The molecule has 5 heteroatoms. The number of aromatic nitrogens is 3. The highest BCUT2D eigenvalue weighted by atomic mass is 16.5. The first-order chi connectivity index (χ1) is 8.90. The van der Waals surface area contributed by atoms with Crippen LogP contribution in [0.4, 0.5) is 0 Å². The molecule has 0 amide bonds. The molecular weight excluding hydrogens is 230 g/mol. The van der Waals surface area contributed by atoms with E-state index in [1.165, 1.54) is 0 Å². The molecule has 0 aromatic carbocycles. The van der Waals surface area contributed by atoms with Gasteiger partial charge in [0.15, 0.2) is 5.65 Å². The molecule has 0 fully saturated rings. The SMILES string of the molecule is COCCc1nc2cccnc2n1-c1ccco1. The van der Waals surface area contributed by atoms with Crippen LogP contribution in [-0.2, 0) is 11.2 Å². The van der Waals surface area contributed by atoms with Crippen LogP contribution in [0.1, 0.15) is 5.82 Å². The van der Waals surface area contributed by atoms with Crippen molar-refractivity contribution in [2.75, 3.05) is 13.7 Å². The van der Waals surface area contributed by atoms with E-state index in [1.807, 2.05) is 28.8 Å². The molecule has 0 N–H and O–H groups in total. The summed E-state index contributed by atoms with van der Waals surface area (Å²) in [5.41, 5.74) is 1.67. The smallest absolute Gasteiger partial charge is 0.206 e. The minimum absolute atomic E-state index is 0.615. The lowest BCUT2D eigenvalue weighted by Gasteiger charge is -2.04. The maximum atomic E-state index is 5.45. The minimum Gasteiger partial charge on any atom is -0.448 e. The summed E-state index contributed by atoms with van der Waals surface area (Å²) < 4.78 is 12.5. The van der Waals surface area contributed by atoms with Gasteiger partial charge >= 0.3 is 0 Å². The highest BCUT2D eigenvalue weighted by Crippen LogP contribution is 2.20. The molecule has 5 nitrogen and oxygen atoms in total. The van der Waals surface area contributed by atoms with Gasteiger partial charge in [0.2, 0.25) is 5.88 Å². The second-order valence-corrected chi connectivity index (χ2v) is 3.90. The molecule has 0 saturated carbocycles. The van der Waals surface area contributed by atoms with Crippen molar-refractivity contribution in [2.24, 2.45) is 0 Å². The predicted molar refractivity (Wildman–Crippen MR) is 66.7 cm³/mol. The quantitative estimate of drug-likeness (QED) is 0.705. The molecule has 18 heavy (non-hydrogen) atoms. The molecule has 0 radical (unpaired) electrons. The number of rotatable bonds is 4. The molecule has 3 heterocycles. The van der Waals surface area contributed by atoms with E-state index in [0.717, 1.165) is 22.9 Å². The van der Waals surface area contributed by atoms with Gasteiger partial charge in [0.1, 0.15) is 11.3 Å². The molecule has 0 aliphatic carbocycles. The van der Waals surface area contributed by atoms with Crippen LogP contribution in [0.15, 0.2) is 41.1 Å². The van der Waals surface area contributed by atoms with E-state index in [9.17, 15) is 0 Å². The molecular formula is C13H13N3O2. The molecule has 0 aliphatic rings. The van der Waals surface area contributed by atoms with Crippen molar-refractivity contribution in [1.29, 1.82) is 0 Å². The fourth-order valence-corrected chi connectivity index (χ4v) is 1.95. The summed E-state index contributed by atoms with van der Waals surface area (Å²) in [5, 5.41) is 0. The number of fused-ring (bicyclic) bond motifs is 1. The molecule has 3 aromatic heterocycles. The topological polar surface area (TPSA) is 53.1 Å². The van der Waals surface area contributed by atoms with Crippen molar-refractivity contribution in [3.8, 4) is 5.88 Å². The fraction of sp³-hybridized carbons (Fsp3) is 0.231. The summed E-state index contributed by atoms with van der Waals surface area (Å²) in [6, 6.07) is 7.57. The average molecular weight is 243 g/mol. The summed E-state index contributed by atoms with van der Waals surface area (Å²) in [6.07, 6.45) is 4.11. The zero-order valence-electron chi connectivity index (χ0n) is 10.0. The highest BCUT2D eigenvalue weighted by Gasteiger charge is 2.14. The van der Waals surface area contributed by atoms with Gasteiger partial charge in [0, 0.05) is 25.8 Å². The lowest BCUT2D eigenvalue weighted by atomic mass is 10.4. The van der Waals surface area contributed by atoms with E-state index in [4.69, 9.17) is 9.15 Å². The third-order valence-electron chi connectivity index (χ3n) is 2.74. The first kappa shape index (κ1) is 11.0. The average Bonchev–Trinajstić information content (AvgIpc) is 3.02. The van der Waals surface area contributed by atoms with Gasteiger partial charge in [-0.2, -0.15) is 0 Å². The van der Waals surface area contributed by atoms with Gasteiger partial charge in [-0.15, -0.1) is 0 Å². The summed E-state index contributed by atoms with van der Waals surface area (Å²) in [5.74, 6) is 1.61. The molecule has 0 aliphatic heterocycles. The van der Waals surface area contributed by atoms with Crippen molar-refractivity contribution in [3.05, 3.63) is 42.5 Å². The Hall–Kier alpha value is -2.14. The van der Waals surface area contributed by atoms with Gasteiger partial charge in [0.05, 0.1) is 12.9 Å². The molecule has 0 bridgehead atoms. The van der Waals surface area contributed by atoms with E-state index in [2.05, 4.69) is 9.97 Å². The molecule has 3 aromatic rings. The van der Waals surface area contributed by atoms with Crippen LogP contribution in [-0.4, -0.2) is 28.3 Å². The summed E-state index contributed by atoms with van der Waals surface area (Å²) in [4.78, 5) is 8.93. The van der Waals surface area contributed by atoms with Crippen LogP contribution in [0.5, 0.6) is 0 Å². The lowest BCUT2D eigenvalue weighted by Crippen LogP contribution is -2.04. The zero-order chi connectivity index (χ0) is 12.4. The maximum absolute atomic E-state index is 5.45. The number of methoxy groups -OCH3 is 1. The summed E-state index contributed by atoms with van der Waals surface area (Å²) in [6.45, 7) is 0.615. The van der Waals surface area contributed by atoms with Crippen LogP contribution in [0.25, 0.3) is 17.0 Å². The van der Waals surface area contributed by atoms with Gasteiger partial charge in [-0.1, -0.05) is 0 Å². The van der Waals surface area contributed by atoms with Crippen molar-refractivity contribution >= 4 is 11.2 Å². The van der Waals surface area contributed by atoms with Gasteiger partial charge in [0.25, 0.3) is 0 Å². The van der Waals surface area contributed by atoms with Crippen molar-refractivity contribution in [2.45, 2.75) is 6.42 Å². The van der Waals surface area contributed by atoms with E-state index in [1.54, 1.807) is 19.6 Å². The molecule has 92 valence electrons. The maximum Gasteiger partial charge on any atom is 0.206 e. The summed E-state index contributed by atoms with van der Waals surface area (Å²) in [7, 11) is 1.68. The molecule has 0 atom stereocenters. The Labute approximate surface area is 104 Å². The largest absolute Gasteiger partial charge is 0.448 e. The second-order valence-electron chi connectivity index (χ2n) is 3.90. The number of imidazole rings is 1. The number of pyridine rings is 1. The monoisotopic (exact) mass is 243 g/mol. The van der Waals surface area contributed by atoms with Crippen molar-refractivity contribution < 1.29 is 9.15 Å². The fourth-order valence-electron chi connectivity index (χ4n) is 1.95. The Bertz CT molecular complexity index is 643. The standard InChI is InChI=1S/C13H13N3O2/c1-17-9-6-11-15-10-4-2-7-14-13(10)16(11)12-5-3-8-18-12/h2-5,7-8H,6,9H2,1H3. The Morgan fingerprint density at radius 3 is 3.06 bits per heavy atom. The molecule has 0 unspecified atom stereocenters. The normalized spacial score (nSPS) is 11.2. The van der Waals surface area contributed by atoms with Crippen LogP contribution < -0.4 is 0 Å². The third-order valence-corrected chi connectivity index (χ3v) is 2.74. The number of ether oxygens (including phenoxy) is 1.